The molecule has 0 bridgehead atoms. The van der Waals surface area contributed by atoms with Gasteiger partial charge in [0, 0.05) is 43.7 Å². The SMILES string of the molecule is COc1ccccc1[C@@H]1CN(Cc2nccs2)CCN1C(C)=O. The number of carbonyl (C=O) groups excluding carboxylic acids is 1. The summed E-state index contributed by atoms with van der Waals surface area (Å²) in [6.07, 6.45) is 1.84. The van der Waals surface area contributed by atoms with E-state index in [0.717, 1.165) is 42.5 Å². The predicted molar refractivity (Wildman–Crippen MR) is 90.5 cm³/mol. The van der Waals surface area contributed by atoms with Crippen LogP contribution in [0.4, 0.5) is 0 Å². The Kier molecular flexibility index (Phi) is 4.93. The number of aromatic nitrogens is 1. The molecule has 0 saturated carbocycles. The van der Waals surface area contributed by atoms with Crippen molar-refractivity contribution in [1.82, 2.24) is 14.8 Å². The Morgan fingerprint density at radius 3 is 2.91 bits per heavy atom. The first-order chi connectivity index (χ1) is 11.2. The molecule has 0 aliphatic carbocycles. The standard InChI is InChI=1S/C17H21N3O2S/c1-13(21)20-9-8-19(12-17-18-7-10-23-17)11-15(20)14-5-3-4-6-16(14)22-2/h3-7,10,15H,8-9,11-12H2,1-2H3/t15-/m0/s1. The lowest BCUT2D eigenvalue weighted by molar-refractivity contribution is -0.134. The summed E-state index contributed by atoms with van der Waals surface area (Å²) < 4.78 is 5.50. The Bertz CT molecular complexity index is 660. The van der Waals surface area contributed by atoms with E-state index >= 15 is 0 Å². The predicted octanol–water partition coefficient (Wildman–Crippen LogP) is 2.56. The van der Waals surface area contributed by atoms with E-state index in [4.69, 9.17) is 4.74 Å². The number of ether oxygens (including phenoxy) is 1. The molecular formula is C17H21N3O2S. The van der Waals surface area contributed by atoms with E-state index in [1.54, 1.807) is 25.4 Å². The van der Waals surface area contributed by atoms with Gasteiger partial charge in [0.1, 0.15) is 10.8 Å². The highest BCUT2D eigenvalue weighted by molar-refractivity contribution is 7.09. The molecule has 3 rings (SSSR count). The topological polar surface area (TPSA) is 45.7 Å². The minimum absolute atomic E-state index is 0.0114. The lowest BCUT2D eigenvalue weighted by Gasteiger charge is -2.41. The molecule has 1 aliphatic heterocycles. The molecule has 0 unspecified atom stereocenters. The highest BCUT2D eigenvalue weighted by atomic mass is 32.1. The fourth-order valence-electron chi connectivity index (χ4n) is 3.09. The lowest BCUT2D eigenvalue weighted by Crippen LogP contribution is -2.49. The van der Waals surface area contributed by atoms with Crippen molar-refractivity contribution in [2.45, 2.75) is 19.5 Å². The molecule has 2 aromatic rings. The number of hydrogen-bond acceptors (Lipinski definition) is 5. The Labute approximate surface area is 140 Å². The number of methoxy groups -OCH3 is 1. The molecule has 1 aromatic heterocycles. The van der Waals surface area contributed by atoms with Crippen molar-refractivity contribution in [2.75, 3.05) is 26.7 Å². The molecule has 23 heavy (non-hydrogen) atoms. The molecule has 122 valence electrons. The van der Waals surface area contributed by atoms with Gasteiger partial charge in [0.2, 0.25) is 5.91 Å². The third kappa shape index (κ3) is 3.54. The van der Waals surface area contributed by atoms with Crippen LogP contribution in [0, 0.1) is 0 Å². The Morgan fingerprint density at radius 1 is 1.39 bits per heavy atom. The van der Waals surface area contributed by atoms with Crippen LogP contribution in [0.2, 0.25) is 0 Å². The number of amides is 1. The minimum atomic E-state index is 0.0114. The summed E-state index contributed by atoms with van der Waals surface area (Å²) in [5.41, 5.74) is 1.06. The molecule has 0 N–H and O–H groups in total. The van der Waals surface area contributed by atoms with Gasteiger partial charge >= 0.3 is 0 Å². The van der Waals surface area contributed by atoms with E-state index in [-0.39, 0.29) is 11.9 Å². The van der Waals surface area contributed by atoms with Gasteiger partial charge in [0.05, 0.1) is 19.7 Å². The average Bonchev–Trinajstić information content (AvgIpc) is 3.07. The van der Waals surface area contributed by atoms with Crippen LogP contribution in [-0.2, 0) is 11.3 Å². The highest BCUT2D eigenvalue weighted by Crippen LogP contribution is 2.32. The first-order valence-corrected chi connectivity index (χ1v) is 8.58. The van der Waals surface area contributed by atoms with E-state index < -0.39 is 0 Å². The second kappa shape index (κ2) is 7.10. The summed E-state index contributed by atoms with van der Waals surface area (Å²) in [7, 11) is 1.67. The fraction of sp³-hybridized carbons (Fsp3) is 0.412. The van der Waals surface area contributed by atoms with Gasteiger partial charge in [0.25, 0.3) is 0 Å². The van der Waals surface area contributed by atoms with Gasteiger partial charge in [-0.3, -0.25) is 9.69 Å². The molecule has 1 amide bonds. The van der Waals surface area contributed by atoms with E-state index in [2.05, 4.69) is 9.88 Å². The molecule has 1 atom stereocenters. The van der Waals surface area contributed by atoms with Gasteiger partial charge in [-0.25, -0.2) is 4.98 Å². The smallest absolute Gasteiger partial charge is 0.220 e. The molecule has 0 radical (unpaired) electrons. The molecule has 1 saturated heterocycles. The second-order valence-electron chi connectivity index (χ2n) is 5.63. The molecule has 6 heteroatoms. The monoisotopic (exact) mass is 331 g/mol. The maximum atomic E-state index is 12.1. The van der Waals surface area contributed by atoms with Gasteiger partial charge in [0.15, 0.2) is 0 Å². The molecule has 5 nitrogen and oxygen atoms in total. The summed E-state index contributed by atoms with van der Waals surface area (Å²) >= 11 is 1.67. The maximum Gasteiger partial charge on any atom is 0.220 e. The van der Waals surface area contributed by atoms with Crippen molar-refractivity contribution in [1.29, 1.82) is 0 Å². The third-order valence-electron chi connectivity index (χ3n) is 4.21. The minimum Gasteiger partial charge on any atom is -0.496 e. The second-order valence-corrected chi connectivity index (χ2v) is 6.61. The normalized spacial score (nSPS) is 18.9. The number of hydrogen-bond donors (Lipinski definition) is 0. The van der Waals surface area contributed by atoms with Crippen molar-refractivity contribution in [3.63, 3.8) is 0 Å². The van der Waals surface area contributed by atoms with E-state index in [1.165, 1.54) is 0 Å². The summed E-state index contributed by atoms with van der Waals surface area (Å²) in [4.78, 5) is 20.7. The molecule has 2 heterocycles. The zero-order chi connectivity index (χ0) is 16.2. The first-order valence-electron chi connectivity index (χ1n) is 7.70. The van der Waals surface area contributed by atoms with Crippen molar-refractivity contribution < 1.29 is 9.53 Å². The third-order valence-corrected chi connectivity index (χ3v) is 4.97. The number of carbonyl (C=O) groups is 1. The van der Waals surface area contributed by atoms with E-state index in [1.807, 2.05) is 40.7 Å². The zero-order valence-corrected chi connectivity index (χ0v) is 14.3. The number of para-hydroxylation sites is 1. The molecule has 0 spiro atoms. The lowest BCUT2D eigenvalue weighted by atomic mass is 10.0. The van der Waals surface area contributed by atoms with Gasteiger partial charge in [-0.15, -0.1) is 11.3 Å². The number of benzene rings is 1. The number of piperazine rings is 1. The van der Waals surface area contributed by atoms with Crippen LogP contribution in [0.1, 0.15) is 23.5 Å². The quantitative estimate of drug-likeness (QED) is 0.864. The fourth-order valence-corrected chi connectivity index (χ4v) is 3.75. The van der Waals surface area contributed by atoms with Crippen molar-refractivity contribution in [2.24, 2.45) is 0 Å². The Morgan fingerprint density at radius 2 is 2.22 bits per heavy atom. The maximum absolute atomic E-state index is 12.1. The van der Waals surface area contributed by atoms with Crippen LogP contribution in [0.25, 0.3) is 0 Å². The summed E-state index contributed by atoms with van der Waals surface area (Å²) in [5, 5.41) is 3.11. The van der Waals surface area contributed by atoms with Crippen LogP contribution in [0.5, 0.6) is 5.75 Å². The van der Waals surface area contributed by atoms with Crippen LogP contribution >= 0.6 is 11.3 Å². The molecule has 1 aliphatic rings. The number of thiazole rings is 1. The van der Waals surface area contributed by atoms with Crippen molar-refractivity contribution >= 4 is 17.2 Å². The summed E-state index contributed by atoms with van der Waals surface area (Å²) in [6.45, 7) is 4.85. The van der Waals surface area contributed by atoms with Crippen molar-refractivity contribution in [3.8, 4) is 5.75 Å². The number of rotatable bonds is 4. The largest absolute Gasteiger partial charge is 0.496 e. The van der Waals surface area contributed by atoms with Gasteiger partial charge in [-0.1, -0.05) is 18.2 Å². The summed E-state index contributed by atoms with van der Waals surface area (Å²) in [6, 6.07) is 7.96. The molecule has 1 aromatic carbocycles. The van der Waals surface area contributed by atoms with Gasteiger partial charge in [-0.2, -0.15) is 0 Å². The number of nitrogens with zero attached hydrogens (tertiary/aromatic N) is 3. The average molecular weight is 331 g/mol. The van der Waals surface area contributed by atoms with Crippen molar-refractivity contribution in [3.05, 3.63) is 46.4 Å². The first kappa shape index (κ1) is 16.0. The molecule has 1 fully saturated rings. The van der Waals surface area contributed by atoms with Crippen LogP contribution in [0.3, 0.4) is 0 Å². The zero-order valence-electron chi connectivity index (χ0n) is 13.4. The van der Waals surface area contributed by atoms with Crippen LogP contribution in [0.15, 0.2) is 35.8 Å². The highest BCUT2D eigenvalue weighted by Gasteiger charge is 2.31. The Balaban J connectivity index is 1.84. The Hall–Kier alpha value is -1.92. The van der Waals surface area contributed by atoms with Crippen LogP contribution < -0.4 is 4.74 Å². The van der Waals surface area contributed by atoms with Gasteiger partial charge in [-0.05, 0) is 6.07 Å². The van der Waals surface area contributed by atoms with Gasteiger partial charge < -0.3 is 9.64 Å². The van der Waals surface area contributed by atoms with E-state index in [9.17, 15) is 4.79 Å². The van der Waals surface area contributed by atoms with E-state index in [0.29, 0.717) is 0 Å². The molecular weight excluding hydrogens is 310 g/mol. The van der Waals surface area contributed by atoms with Crippen LogP contribution in [-0.4, -0.2) is 47.4 Å². The summed E-state index contributed by atoms with van der Waals surface area (Å²) in [5.74, 6) is 0.939.